The van der Waals surface area contributed by atoms with Crippen LogP contribution in [0.25, 0.3) is 4.96 Å². The zero-order valence-electron chi connectivity index (χ0n) is 8.65. The number of fused-ring (bicyclic) bond motifs is 1. The van der Waals surface area contributed by atoms with Crippen LogP contribution in [-0.4, -0.2) is 14.6 Å². The van der Waals surface area contributed by atoms with Gasteiger partial charge in [0.05, 0.1) is 5.69 Å². The minimum Gasteiger partial charge on any atom is -0.294 e. The highest BCUT2D eigenvalue weighted by Gasteiger charge is 2.12. The van der Waals surface area contributed by atoms with Gasteiger partial charge in [0.25, 0.3) is 0 Å². The summed E-state index contributed by atoms with van der Waals surface area (Å²) in [5.41, 5.74) is 1.35. The fraction of sp³-hybridized carbons (Fsp3) is 0.500. The summed E-state index contributed by atoms with van der Waals surface area (Å²) in [6.45, 7) is 6.60. The van der Waals surface area contributed by atoms with Crippen LogP contribution in [0.3, 0.4) is 0 Å². The molecule has 0 aliphatic heterocycles. The second kappa shape index (κ2) is 3.95. The molecule has 0 N–H and O–H groups in total. The summed E-state index contributed by atoms with van der Waals surface area (Å²) < 4.78 is 2.20. The van der Waals surface area contributed by atoms with Gasteiger partial charge in [-0.3, -0.25) is 4.40 Å². The average Bonchev–Trinajstić information content (AvgIpc) is 2.62. The third-order valence-corrected chi connectivity index (χ3v) is 3.78. The van der Waals surface area contributed by atoms with Crippen molar-refractivity contribution in [1.82, 2.24) is 9.38 Å². The number of aromatic nitrogens is 2. The van der Waals surface area contributed by atoms with E-state index in [4.69, 9.17) is 0 Å². The lowest BCUT2D eigenvalue weighted by molar-refractivity contribution is 0.952. The molecule has 0 bridgehead atoms. The van der Waals surface area contributed by atoms with Gasteiger partial charge in [0.15, 0.2) is 4.96 Å². The molecule has 0 aliphatic carbocycles. The lowest BCUT2D eigenvalue weighted by atomic mass is 10.4. The topological polar surface area (TPSA) is 17.3 Å². The quantitative estimate of drug-likeness (QED) is 0.746. The molecule has 4 heteroatoms. The highest BCUT2D eigenvalue weighted by atomic mass is 32.2. The number of thioether (sulfide) groups is 1. The van der Waals surface area contributed by atoms with Gasteiger partial charge in [-0.2, -0.15) is 0 Å². The van der Waals surface area contributed by atoms with Crippen LogP contribution in [-0.2, 0) is 6.42 Å². The largest absolute Gasteiger partial charge is 0.294 e. The van der Waals surface area contributed by atoms with Crippen LogP contribution >= 0.6 is 23.1 Å². The number of hydrogen-bond acceptors (Lipinski definition) is 3. The molecular weight excluding hydrogens is 212 g/mol. The first kappa shape index (κ1) is 10.1. The highest BCUT2D eigenvalue weighted by Crippen LogP contribution is 2.28. The normalized spacial score (nSPS) is 11.7. The number of hydrogen-bond donors (Lipinski definition) is 0. The van der Waals surface area contributed by atoms with Crippen LogP contribution in [0.15, 0.2) is 16.6 Å². The van der Waals surface area contributed by atoms with E-state index in [0.29, 0.717) is 5.25 Å². The monoisotopic (exact) mass is 226 g/mol. The zero-order valence-corrected chi connectivity index (χ0v) is 10.3. The zero-order chi connectivity index (χ0) is 10.1. The van der Waals surface area contributed by atoms with Crippen LogP contribution in [0, 0.1) is 0 Å². The maximum Gasteiger partial charge on any atom is 0.194 e. The first-order valence-corrected chi connectivity index (χ1v) is 6.59. The molecule has 0 radical (unpaired) electrons. The SMILES string of the molecule is CCc1c(SC(C)C)nc2sccn12. The molecule has 0 spiro atoms. The van der Waals surface area contributed by atoms with E-state index in [9.17, 15) is 0 Å². The summed E-state index contributed by atoms with van der Waals surface area (Å²) in [7, 11) is 0. The minimum absolute atomic E-state index is 0.602. The van der Waals surface area contributed by atoms with E-state index in [0.717, 1.165) is 11.4 Å². The molecule has 0 unspecified atom stereocenters. The number of aryl methyl sites for hydroxylation is 1. The van der Waals surface area contributed by atoms with E-state index in [1.807, 2.05) is 11.8 Å². The van der Waals surface area contributed by atoms with Crippen LogP contribution in [0.4, 0.5) is 0 Å². The van der Waals surface area contributed by atoms with Gasteiger partial charge >= 0.3 is 0 Å². The molecular formula is C10H14N2S2. The molecule has 2 nitrogen and oxygen atoms in total. The molecule has 2 aromatic rings. The number of rotatable bonds is 3. The summed E-state index contributed by atoms with van der Waals surface area (Å²) in [6, 6.07) is 0. The van der Waals surface area contributed by atoms with Crippen LogP contribution < -0.4 is 0 Å². The smallest absolute Gasteiger partial charge is 0.194 e. The van der Waals surface area contributed by atoms with Gasteiger partial charge in [-0.1, -0.05) is 20.8 Å². The van der Waals surface area contributed by atoms with Crippen molar-refractivity contribution >= 4 is 28.1 Å². The molecule has 2 aromatic heterocycles. The average molecular weight is 226 g/mol. The van der Waals surface area contributed by atoms with Crippen molar-refractivity contribution in [2.24, 2.45) is 0 Å². The molecule has 0 atom stereocenters. The summed E-state index contributed by atoms with van der Waals surface area (Å²) in [5.74, 6) is 0. The predicted octanol–water partition coefficient (Wildman–Crippen LogP) is 3.46. The van der Waals surface area contributed by atoms with Gasteiger partial charge < -0.3 is 0 Å². The first-order valence-electron chi connectivity index (χ1n) is 4.83. The maximum absolute atomic E-state index is 4.63. The highest BCUT2D eigenvalue weighted by molar-refractivity contribution is 7.99. The van der Waals surface area contributed by atoms with Crippen molar-refractivity contribution in [2.45, 2.75) is 37.5 Å². The minimum atomic E-state index is 0.602. The molecule has 76 valence electrons. The van der Waals surface area contributed by atoms with E-state index in [1.165, 1.54) is 10.7 Å². The van der Waals surface area contributed by atoms with E-state index in [1.54, 1.807) is 11.3 Å². The van der Waals surface area contributed by atoms with Crippen LogP contribution in [0.2, 0.25) is 0 Å². The van der Waals surface area contributed by atoms with E-state index in [2.05, 4.69) is 41.7 Å². The van der Waals surface area contributed by atoms with Crippen molar-refractivity contribution in [3.05, 3.63) is 17.3 Å². The maximum atomic E-state index is 4.63. The Bertz CT molecular complexity index is 428. The number of imidazole rings is 1. The summed E-state index contributed by atoms with van der Waals surface area (Å²) in [5, 5.41) is 3.89. The Balaban J connectivity index is 2.47. The number of thiazole rings is 1. The Labute approximate surface area is 92.4 Å². The third kappa shape index (κ3) is 1.68. The van der Waals surface area contributed by atoms with Gasteiger partial charge in [0.1, 0.15) is 5.03 Å². The second-order valence-corrected chi connectivity index (χ2v) is 5.88. The predicted molar refractivity (Wildman–Crippen MR) is 63.4 cm³/mol. The Morgan fingerprint density at radius 3 is 3.00 bits per heavy atom. The van der Waals surface area contributed by atoms with Gasteiger partial charge in [0, 0.05) is 16.8 Å². The molecule has 14 heavy (non-hydrogen) atoms. The van der Waals surface area contributed by atoms with Crippen molar-refractivity contribution < 1.29 is 0 Å². The third-order valence-electron chi connectivity index (χ3n) is 2.01. The Morgan fingerprint density at radius 2 is 2.36 bits per heavy atom. The van der Waals surface area contributed by atoms with Gasteiger partial charge in [-0.15, -0.1) is 23.1 Å². The lowest BCUT2D eigenvalue weighted by Crippen LogP contribution is -1.92. The number of nitrogens with zero attached hydrogens (tertiary/aromatic N) is 2. The van der Waals surface area contributed by atoms with E-state index in [-0.39, 0.29) is 0 Å². The van der Waals surface area contributed by atoms with E-state index < -0.39 is 0 Å². The van der Waals surface area contributed by atoms with E-state index >= 15 is 0 Å². The van der Waals surface area contributed by atoms with Crippen molar-refractivity contribution in [2.75, 3.05) is 0 Å². The van der Waals surface area contributed by atoms with Crippen LogP contribution in [0.5, 0.6) is 0 Å². The van der Waals surface area contributed by atoms with Crippen molar-refractivity contribution in [3.63, 3.8) is 0 Å². The van der Waals surface area contributed by atoms with Gasteiger partial charge in [-0.05, 0) is 6.42 Å². The van der Waals surface area contributed by atoms with Crippen molar-refractivity contribution in [3.8, 4) is 0 Å². The fourth-order valence-electron chi connectivity index (χ4n) is 1.45. The van der Waals surface area contributed by atoms with Gasteiger partial charge in [-0.25, -0.2) is 4.98 Å². The van der Waals surface area contributed by atoms with Crippen LogP contribution in [0.1, 0.15) is 26.5 Å². The molecule has 0 saturated heterocycles. The molecule has 0 aromatic carbocycles. The standard InChI is InChI=1S/C10H14N2S2/c1-4-8-9(14-7(2)3)11-10-12(8)5-6-13-10/h5-7H,4H2,1-3H3. The molecule has 0 aliphatic rings. The molecule has 0 saturated carbocycles. The first-order chi connectivity index (χ1) is 6.72. The molecule has 0 fully saturated rings. The Hall–Kier alpha value is -0.480. The Morgan fingerprint density at radius 1 is 1.57 bits per heavy atom. The summed E-state index contributed by atoms with van der Waals surface area (Å²) in [6.07, 6.45) is 3.16. The fourth-order valence-corrected chi connectivity index (χ4v) is 3.21. The summed E-state index contributed by atoms with van der Waals surface area (Å²) >= 11 is 3.56. The Kier molecular flexibility index (Phi) is 2.83. The molecule has 0 amide bonds. The molecule has 2 rings (SSSR count). The second-order valence-electron chi connectivity index (χ2n) is 3.44. The summed E-state index contributed by atoms with van der Waals surface area (Å²) in [4.78, 5) is 5.74. The lowest BCUT2D eigenvalue weighted by Gasteiger charge is -2.03. The van der Waals surface area contributed by atoms with Crippen molar-refractivity contribution in [1.29, 1.82) is 0 Å². The molecule has 2 heterocycles. The van der Waals surface area contributed by atoms with Gasteiger partial charge in [0.2, 0.25) is 0 Å².